The smallest absolute Gasteiger partial charge is 0.289 e. The molecule has 4 rings (SSSR count). The molecule has 1 atom stereocenters. The molecule has 0 radical (unpaired) electrons. The number of rotatable bonds is 6. The summed E-state index contributed by atoms with van der Waals surface area (Å²) in [6.07, 6.45) is 3.92. The first-order valence-corrected chi connectivity index (χ1v) is 11.3. The number of methoxy groups -OCH3 is 1. The van der Waals surface area contributed by atoms with Crippen LogP contribution in [0, 0.1) is 5.92 Å². The third kappa shape index (κ3) is 4.62. The summed E-state index contributed by atoms with van der Waals surface area (Å²) in [5, 5.41) is 0. The second-order valence-electron chi connectivity index (χ2n) is 8.29. The highest BCUT2D eigenvalue weighted by Crippen LogP contribution is 2.33. The second-order valence-corrected chi connectivity index (χ2v) is 8.29. The van der Waals surface area contributed by atoms with Gasteiger partial charge in [-0.3, -0.25) is 9.59 Å². The van der Waals surface area contributed by atoms with Gasteiger partial charge in [0.15, 0.2) is 5.82 Å². The molecule has 0 bridgehead atoms. The van der Waals surface area contributed by atoms with E-state index in [9.17, 15) is 9.59 Å². The van der Waals surface area contributed by atoms with Crippen LogP contribution in [-0.4, -0.2) is 64.5 Å². The van der Waals surface area contributed by atoms with Crippen LogP contribution in [0.5, 0.6) is 5.75 Å². The number of ether oxygens (including phenoxy) is 1. The molecule has 2 amide bonds. The van der Waals surface area contributed by atoms with E-state index in [1.54, 1.807) is 29.0 Å². The zero-order chi connectivity index (χ0) is 23.4. The third-order valence-corrected chi connectivity index (χ3v) is 6.30. The molecular formula is C26H30N4O3. The number of carbonyl (C=O) groups excluding carboxylic acids is 2. The number of aromatic nitrogens is 2. The normalized spacial score (nSPS) is 16.6. The summed E-state index contributed by atoms with van der Waals surface area (Å²) in [5.74, 6) is 0.783. The molecule has 0 saturated carbocycles. The molecule has 3 aromatic rings. The fourth-order valence-electron chi connectivity index (χ4n) is 4.50. The van der Waals surface area contributed by atoms with Crippen molar-refractivity contribution in [2.75, 3.05) is 33.3 Å². The van der Waals surface area contributed by atoms with Gasteiger partial charge in [-0.2, -0.15) is 0 Å². The first-order chi connectivity index (χ1) is 16.0. The van der Waals surface area contributed by atoms with Crippen LogP contribution < -0.4 is 4.74 Å². The first-order valence-electron chi connectivity index (χ1n) is 11.3. The van der Waals surface area contributed by atoms with Crippen LogP contribution in [0.3, 0.4) is 0 Å². The summed E-state index contributed by atoms with van der Waals surface area (Å²) in [4.78, 5) is 34.5. The van der Waals surface area contributed by atoms with E-state index in [0.717, 1.165) is 22.4 Å². The fraction of sp³-hybridized carbons (Fsp3) is 0.346. The van der Waals surface area contributed by atoms with Gasteiger partial charge in [0.1, 0.15) is 5.75 Å². The number of carbonyl (C=O) groups is 2. The molecule has 1 aliphatic heterocycles. The summed E-state index contributed by atoms with van der Waals surface area (Å²) < 4.78 is 7.30. The molecular weight excluding hydrogens is 416 g/mol. The standard InChI is InChI=1S/C26H30N4O3/c1-4-29-15-16-30(26(32)24-27-13-14-28(24)2)18-20(25(29)31)17-19-9-5-6-10-21(19)22-11-7-8-12-23(22)33-3/h5-14,20H,4,15-18H2,1-3H3/t20-/m0/s1. The molecule has 2 aromatic carbocycles. The Labute approximate surface area is 194 Å². The molecule has 1 saturated heterocycles. The van der Waals surface area contributed by atoms with E-state index in [1.165, 1.54) is 0 Å². The van der Waals surface area contributed by atoms with Crippen molar-refractivity contribution < 1.29 is 14.3 Å². The highest BCUT2D eigenvalue weighted by Gasteiger charge is 2.33. The number of para-hydroxylation sites is 1. The molecule has 172 valence electrons. The van der Waals surface area contributed by atoms with Gasteiger partial charge in [-0.1, -0.05) is 42.5 Å². The number of aryl methyl sites for hydroxylation is 1. The van der Waals surface area contributed by atoms with E-state index in [-0.39, 0.29) is 17.7 Å². The Morgan fingerprint density at radius 1 is 1.09 bits per heavy atom. The molecule has 1 aliphatic rings. The number of likely N-dealkylation sites (N-methyl/N-ethyl adjacent to an activating group) is 1. The van der Waals surface area contributed by atoms with Crippen molar-refractivity contribution >= 4 is 11.8 Å². The lowest BCUT2D eigenvalue weighted by Crippen LogP contribution is -2.38. The van der Waals surface area contributed by atoms with Crippen molar-refractivity contribution in [3.8, 4) is 16.9 Å². The number of hydrogen-bond acceptors (Lipinski definition) is 4. The van der Waals surface area contributed by atoms with Crippen molar-refractivity contribution in [1.82, 2.24) is 19.4 Å². The van der Waals surface area contributed by atoms with Gasteiger partial charge in [-0.25, -0.2) is 4.98 Å². The van der Waals surface area contributed by atoms with Gasteiger partial charge in [0.25, 0.3) is 5.91 Å². The maximum atomic E-state index is 13.4. The Morgan fingerprint density at radius 3 is 2.52 bits per heavy atom. The van der Waals surface area contributed by atoms with Gasteiger partial charge in [-0.05, 0) is 30.5 Å². The van der Waals surface area contributed by atoms with Crippen molar-refractivity contribution in [1.29, 1.82) is 0 Å². The molecule has 0 aliphatic carbocycles. The number of nitrogens with zero attached hydrogens (tertiary/aromatic N) is 4. The molecule has 1 aromatic heterocycles. The van der Waals surface area contributed by atoms with Crippen molar-refractivity contribution in [2.45, 2.75) is 13.3 Å². The van der Waals surface area contributed by atoms with E-state index < -0.39 is 0 Å². The minimum atomic E-state index is -0.340. The third-order valence-electron chi connectivity index (χ3n) is 6.30. The average molecular weight is 447 g/mol. The van der Waals surface area contributed by atoms with Crippen LogP contribution >= 0.6 is 0 Å². The summed E-state index contributed by atoms with van der Waals surface area (Å²) in [5.41, 5.74) is 3.09. The van der Waals surface area contributed by atoms with Gasteiger partial charge in [0, 0.05) is 51.2 Å². The van der Waals surface area contributed by atoms with E-state index in [2.05, 4.69) is 17.1 Å². The quantitative estimate of drug-likeness (QED) is 0.583. The Kier molecular flexibility index (Phi) is 6.77. The summed E-state index contributed by atoms with van der Waals surface area (Å²) >= 11 is 0. The molecule has 0 spiro atoms. The predicted octanol–water partition coefficient (Wildman–Crippen LogP) is 3.26. The number of amides is 2. The Morgan fingerprint density at radius 2 is 1.82 bits per heavy atom. The molecule has 33 heavy (non-hydrogen) atoms. The van der Waals surface area contributed by atoms with Crippen LogP contribution in [0.25, 0.3) is 11.1 Å². The zero-order valence-electron chi connectivity index (χ0n) is 19.4. The van der Waals surface area contributed by atoms with E-state index in [1.807, 2.05) is 55.3 Å². The van der Waals surface area contributed by atoms with Crippen LogP contribution in [0.4, 0.5) is 0 Å². The number of imidazole rings is 1. The molecule has 1 fully saturated rings. The first kappa shape index (κ1) is 22.6. The molecule has 2 heterocycles. The molecule has 0 N–H and O–H groups in total. The van der Waals surface area contributed by atoms with Gasteiger partial charge in [0.05, 0.1) is 13.0 Å². The second kappa shape index (κ2) is 9.90. The minimum Gasteiger partial charge on any atom is -0.496 e. The molecule has 7 nitrogen and oxygen atoms in total. The van der Waals surface area contributed by atoms with Crippen molar-refractivity contribution in [3.63, 3.8) is 0 Å². The number of hydrogen-bond donors (Lipinski definition) is 0. The number of benzene rings is 2. The zero-order valence-corrected chi connectivity index (χ0v) is 19.4. The maximum absolute atomic E-state index is 13.4. The largest absolute Gasteiger partial charge is 0.496 e. The Hall–Kier alpha value is -3.61. The van der Waals surface area contributed by atoms with Crippen molar-refractivity contribution in [2.24, 2.45) is 13.0 Å². The Bertz CT molecular complexity index is 1140. The maximum Gasteiger partial charge on any atom is 0.289 e. The molecule has 7 heteroatoms. The van der Waals surface area contributed by atoms with Gasteiger partial charge >= 0.3 is 0 Å². The van der Waals surface area contributed by atoms with E-state index >= 15 is 0 Å². The minimum absolute atomic E-state index is 0.0856. The lowest BCUT2D eigenvalue weighted by Gasteiger charge is -2.24. The highest BCUT2D eigenvalue weighted by atomic mass is 16.5. The van der Waals surface area contributed by atoms with Gasteiger partial charge in [0.2, 0.25) is 5.91 Å². The lowest BCUT2D eigenvalue weighted by atomic mass is 9.91. The van der Waals surface area contributed by atoms with Crippen LogP contribution in [0.2, 0.25) is 0 Å². The van der Waals surface area contributed by atoms with Gasteiger partial charge < -0.3 is 19.1 Å². The van der Waals surface area contributed by atoms with Crippen LogP contribution in [0.15, 0.2) is 60.9 Å². The van der Waals surface area contributed by atoms with Gasteiger partial charge in [-0.15, -0.1) is 0 Å². The van der Waals surface area contributed by atoms with E-state index in [0.29, 0.717) is 38.4 Å². The molecule has 0 unspecified atom stereocenters. The van der Waals surface area contributed by atoms with Crippen LogP contribution in [0.1, 0.15) is 23.1 Å². The summed E-state index contributed by atoms with van der Waals surface area (Å²) in [6.45, 7) is 3.98. The van der Waals surface area contributed by atoms with Crippen LogP contribution in [-0.2, 0) is 18.3 Å². The Balaban J connectivity index is 1.66. The summed E-state index contributed by atoms with van der Waals surface area (Å²) in [7, 11) is 3.47. The SMILES string of the molecule is CCN1CCN(C(=O)c2nccn2C)C[C@H](Cc2ccccc2-c2ccccc2OC)C1=O. The fourth-order valence-corrected chi connectivity index (χ4v) is 4.50. The van der Waals surface area contributed by atoms with E-state index in [4.69, 9.17) is 4.74 Å². The lowest BCUT2D eigenvalue weighted by molar-refractivity contribution is -0.134. The monoisotopic (exact) mass is 446 g/mol. The summed E-state index contributed by atoms with van der Waals surface area (Å²) in [6, 6.07) is 16.0. The van der Waals surface area contributed by atoms with Crippen molar-refractivity contribution in [3.05, 3.63) is 72.3 Å². The highest BCUT2D eigenvalue weighted by molar-refractivity contribution is 5.92. The topological polar surface area (TPSA) is 67.7 Å². The predicted molar refractivity (Wildman–Crippen MR) is 127 cm³/mol. The average Bonchev–Trinajstić information content (AvgIpc) is 3.21.